The van der Waals surface area contributed by atoms with Gasteiger partial charge in [-0.05, 0) is 32.1 Å². The van der Waals surface area contributed by atoms with E-state index in [1.807, 2.05) is 0 Å². The van der Waals surface area contributed by atoms with Crippen LogP contribution in [0.1, 0.15) is 103 Å². The van der Waals surface area contributed by atoms with E-state index in [-0.39, 0.29) is 29.9 Å². The normalized spacial score (nSPS) is 24.4. The average molecular weight is 411 g/mol. The van der Waals surface area contributed by atoms with Gasteiger partial charge >= 0.3 is 11.9 Å². The summed E-state index contributed by atoms with van der Waals surface area (Å²) in [5.41, 5.74) is 0. The fraction of sp³-hybridized carbons (Fsp3) is 0.917. The van der Waals surface area contributed by atoms with Gasteiger partial charge in [-0.2, -0.15) is 0 Å². The van der Waals surface area contributed by atoms with Gasteiger partial charge < -0.3 is 14.2 Å². The number of unbranched alkanes of at least 4 members (excludes halogenated alkanes) is 8. The second kappa shape index (κ2) is 14.8. The number of ether oxygens (including phenoxy) is 3. The van der Waals surface area contributed by atoms with E-state index < -0.39 is 0 Å². The number of hydrogen-bond acceptors (Lipinski definition) is 5. The molecule has 1 aliphatic heterocycles. The highest BCUT2D eigenvalue weighted by Crippen LogP contribution is 2.32. The fourth-order valence-electron chi connectivity index (χ4n) is 4.45. The molecule has 0 aromatic carbocycles. The van der Waals surface area contributed by atoms with E-state index in [0.717, 1.165) is 58.0 Å². The average Bonchev–Trinajstić information content (AvgIpc) is 3.27. The van der Waals surface area contributed by atoms with Gasteiger partial charge in [-0.25, -0.2) is 0 Å². The molecule has 2 rings (SSSR count). The van der Waals surface area contributed by atoms with Crippen molar-refractivity contribution >= 4 is 11.9 Å². The van der Waals surface area contributed by atoms with E-state index in [1.165, 1.54) is 44.9 Å². The second-order valence-electron chi connectivity index (χ2n) is 8.76. The van der Waals surface area contributed by atoms with Gasteiger partial charge in [0.25, 0.3) is 0 Å². The van der Waals surface area contributed by atoms with Gasteiger partial charge in [0.1, 0.15) is 6.61 Å². The molecule has 2 fully saturated rings. The summed E-state index contributed by atoms with van der Waals surface area (Å²) < 4.78 is 16.5. The summed E-state index contributed by atoms with van der Waals surface area (Å²) in [6.45, 7) is 3.78. The maximum Gasteiger partial charge on any atom is 0.309 e. The van der Waals surface area contributed by atoms with E-state index in [2.05, 4.69) is 6.92 Å². The molecular weight excluding hydrogens is 368 g/mol. The number of esters is 2. The molecule has 3 unspecified atom stereocenters. The van der Waals surface area contributed by atoms with Gasteiger partial charge in [0, 0.05) is 6.61 Å². The zero-order valence-corrected chi connectivity index (χ0v) is 18.5. The maximum atomic E-state index is 12.6. The number of rotatable bonds is 14. The van der Waals surface area contributed by atoms with Crippen LogP contribution in [-0.4, -0.2) is 37.9 Å². The van der Waals surface area contributed by atoms with Crippen molar-refractivity contribution in [3.63, 3.8) is 0 Å². The van der Waals surface area contributed by atoms with Gasteiger partial charge in [0.2, 0.25) is 0 Å². The van der Waals surface area contributed by atoms with E-state index >= 15 is 0 Å². The molecule has 0 aromatic rings. The quantitative estimate of drug-likeness (QED) is 0.276. The molecule has 0 N–H and O–H groups in total. The van der Waals surface area contributed by atoms with Gasteiger partial charge in [0.15, 0.2) is 0 Å². The van der Waals surface area contributed by atoms with Crippen molar-refractivity contribution in [1.29, 1.82) is 0 Å². The zero-order valence-electron chi connectivity index (χ0n) is 18.5. The highest BCUT2D eigenvalue weighted by atomic mass is 16.6. The molecule has 1 aliphatic carbocycles. The molecule has 168 valence electrons. The first-order chi connectivity index (χ1) is 14.2. The number of carbonyl (C=O) groups excluding carboxylic acids is 2. The highest BCUT2D eigenvalue weighted by Gasteiger charge is 2.38. The van der Waals surface area contributed by atoms with Crippen LogP contribution in [0.2, 0.25) is 0 Å². The standard InChI is InChI=1S/C24H42O5/c1-2-3-4-5-6-7-8-9-12-17-28-23(25)21-15-10-11-16-22(21)24(26)29-19-20-14-13-18-27-20/h20-22H,2-19H2,1H3. The van der Waals surface area contributed by atoms with Crippen molar-refractivity contribution in [1.82, 2.24) is 0 Å². The molecule has 5 heteroatoms. The van der Waals surface area contributed by atoms with Crippen molar-refractivity contribution in [3.8, 4) is 0 Å². The molecular formula is C24H42O5. The van der Waals surface area contributed by atoms with Crippen molar-refractivity contribution < 1.29 is 23.8 Å². The predicted molar refractivity (Wildman–Crippen MR) is 114 cm³/mol. The first-order valence-corrected chi connectivity index (χ1v) is 12.2. The van der Waals surface area contributed by atoms with E-state index in [0.29, 0.717) is 13.2 Å². The first kappa shape index (κ1) is 24.2. The van der Waals surface area contributed by atoms with Crippen LogP contribution in [0.4, 0.5) is 0 Å². The second-order valence-corrected chi connectivity index (χ2v) is 8.76. The lowest BCUT2D eigenvalue weighted by atomic mass is 9.79. The summed E-state index contributed by atoms with van der Waals surface area (Å²) in [4.78, 5) is 25.1. The highest BCUT2D eigenvalue weighted by molar-refractivity contribution is 5.82. The lowest BCUT2D eigenvalue weighted by Gasteiger charge is -2.28. The van der Waals surface area contributed by atoms with Crippen LogP contribution in [0, 0.1) is 11.8 Å². The number of hydrogen-bond donors (Lipinski definition) is 0. The van der Waals surface area contributed by atoms with Crippen LogP contribution in [0.15, 0.2) is 0 Å². The van der Waals surface area contributed by atoms with Crippen molar-refractivity contribution in [2.45, 2.75) is 109 Å². The Morgan fingerprint density at radius 1 is 0.759 bits per heavy atom. The monoisotopic (exact) mass is 410 g/mol. The minimum absolute atomic E-state index is 0.0274. The molecule has 1 saturated heterocycles. The minimum atomic E-state index is -0.347. The molecule has 1 heterocycles. The van der Waals surface area contributed by atoms with E-state index in [9.17, 15) is 9.59 Å². The van der Waals surface area contributed by atoms with Crippen LogP contribution >= 0.6 is 0 Å². The van der Waals surface area contributed by atoms with Crippen LogP contribution in [0.3, 0.4) is 0 Å². The van der Waals surface area contributed by atoms with Gasteiger partial charge in [-0.3, -0.25) is 9.59 Å². The van der Waals surface area contributed by atoms with Crippen molar-refractivity contribution in [2.24, 2.45) is 11.8 Å². The third-order valence-corrected chi connectivity index (χ3v) is 6.30. The molecule has 0 bridgehead atoms. The molecule has 3 atom stereocenters. The molecule has 0 aromatic heterocycles. The minimum Gasteiger partial charge on any atom is -0.465 e. The Hall–Kier alpha value is -1.10. The third-order valence-electron chi connectivity index (χ3n) is 6.30. The van der Waals surface area contributed by atoms with E-state index in [4.69, 9.17) is 14.2 Å². The Labute approximate surface area is 177 Å². The lowest BCUT2D eigenvalue weighted by molar-refractivity contribution is -0.164. The largest absolute Gasteiger partial charge is 0.465 e. The molecule has 29 heavy (non-hydrogen) atoms. The number of carbonyl (C=O) groups is 2. The summed E-state index contributed by atoms with van der Waals surface area (Å²) in [6.07, 6.45) is 16.6. The third kappa shape index (κ3) is 9.50. The Morgan fingerprint density at radius 3 is 1.93 bits per heavy atom. The van der Waals surface area contributed by atoms with Gasteiger partial charge in [-0.1, -0.05) is 71.1 Å². The Balaban J connectivity index is 1.58. The summed E-state index contributed by atoms with van der Waals surface area (Å²) in [5, 5.41) is 0. The van der Waals surface area contributed by atoms with E-state index in [1.54, 1.807) is 0 Å². The molecule has 0 radical (unpaired) electrons. The van der Waals surface area contributed by atoms with Crippen LogP contribution in [0.5, 0.6) is 0 Å². The molecule has 0 amide bonds. The fourth-order valence-corrected chi connectivity index (χ4v) is 4.45. The van der Waals surface area contributed by atoms with Crippen molar-refractivity contribution in [3.05, 3.63) is 0 Å². The lowest BCUT2D eigenvalue weighted by Crippen LogP contribution is -2.36. The topological polar surface area (TPSA) is 61.8 Å². The van der Waals surface area contributed by atoms with Crippen LogP contribution in [-0.2, 0) is 23.8 Å². The SMILES string of the molecule is CCCCCCCCCCCOC(=O)C1CCCCC1C(=O)OCC1CCCO1. The summed E-state index contributed by atoms with van der Waals surface area (Å²) >= 11 is 0. The summed E-state index contributed by atoms with van der Waals surface area (Å²) in [6, 6.07) is 0. The van der Waals surface area contributed by atoms with Crippen LogP contribution in [0.25, 0.3) is 0 Å². The first-order valence-electron chi connectivity index (χ1n) is 12.2. The Morgan fingerprint density at radius 2 is 1.34 bits per heavy atom. The predicted octanol–water partition coefficient (Wildman–Crippen LogP) is 5.59. The smallest absolute Gasteiger partial charge is 0.309 e. The van der Waals surface area contributed by atoms with Crippen molar-refractivity contribution in [2.75, 3.05) is 19.8 Å². The van der Waals surface area contributed by atoms with Gasteiger partial charge in [0.05, 0.1) is 24.5 Å². The summed E-state index contributed by atoms with van der Waals surface area (Å²) in [7, 11) is 0. The Bertz CT molecular complexity index is 458. The summed E-state index contributed by atoms with van der Waals surface area (Å²) in [5.74, 6) is -1.13. The molecule has 1 saturated carbocycles. The Kier molecular flexibility index (Phi) is 12.3. The zero-order chi connectivity index (χ0) is 20.7. The van der Waals surface area contributed by atoms with Crippen LogP contribution < -0.4 is 0 Å². The van der Waals surface area contributed by atoms with Gasteiger partial charge in [-0.15, -0.1) is 0 Å². The maximum absolute atomic E-state index is 12.6. The molecule has 2 aliphatic rings. The molecule has 5 nitrogen and oxygen atoms in total. The molecule has 0 spiro atoms.